The molecule has 0 aliphatic carbocycles. The van der Waals surface area contributed by atoms with Crippen LogP contribution in [-0.4, -0.2) is 11.1 Å². The molecule has 0 saturated heterocycles. The molecule has 19 heavy (non-hydrogen) atoms. The fourth-order valence-electron chi connectivity index (χ4n) is 1.90. The summed E-state index contributed by atoms with van der Waals surface area (Å²) < 4.78 is 2.02. The van der Waals surface area contributed by atoms with Gasteiger partial charge in [0.2, 0.25) is 0 Å². The first kappa shape index (κ1) is 14.8. The molecular weight excluding hydrogens is 392 g/mol. The summed E-state index contributed by atoms with van der Waals surface area (Å²) in [4.78, 5) is 12.5. The Balaban J connectivity index is 2.10. The highest BCUT2D eigenvalue weighted by Crippen LogP contribution is 2.26. The molecule has 1 aromatic heterocycles. The minimum Gasteiger partial charge on any atom is -0.481 e. The Bertz CT molecular complexity index is 580. The number of carboxylic acid groups (broad SMARTS) is 1. The zero-order valence-corrected chi connectivity index (χ0v) is 14.0. The number of aliphatic carboxylic acids is 1. The van der Waals surface area contributed by atoms with Crippen molar-refractivity contribution in [3.8, 4) is 0 Å². The molecule has 2 rings (SSSR count). The second-order valence-corrected chi connectivity index (χ2v) is 7.74. The fraction of sp³-hybridized carbons (Fsp3) is 0.214. The van der Waals surface area contributed by atoms with Gasteiger partial charge in [0, 0.05) is 9.35 Å². The van der Waals surface area contributed by atoms with Crippen LogP contribution in [-0.2, 0) is 17.6 Å². The minimum absolute atomic E-state index is 0.389. The maximum atomic E-state index is 11.4. The van der Waals surface area contributed by atoms with Crippen LogP contribution >= 0.6 is 43.2 Å². The Morgan fingerprint density at radius 2 is 2.00 bits per heavy atom. The third-order valence-corrected chi connectivity index (χ3v) is 4.94. The maximum Gasteiger partial charge on any atom is 0.307 e. The molecule has 0 bridgehead atoms. The van der Waals surface area contributed by atoms with Crippen molar-refractivity contribution in [2.45, 2.75) is 12.8 Å². The van der Waals surface area contributed by atoms with Gasteiger partial charge in [0.1, 0.15) is 0 Å². The maximum absolute atomic E-state index is 11.4. The molecule has 0 fully saturated rings. The Morgan fingerprint density at radius 3 is 2.58 bits per heavy atom. The smallest absolute Gasteiger partial charge is 0.307 e. The highest BCUT2D eigenvalue weighted by molar-refractivity contribution is 9.11. The molecule has 0 aliphatic heterocycles. The van der Waals surface area contributed by atoms with Gasteiger partial charge >= 0.3 is 5.97 Å². The van der Waals surface area contributed by atoms with Crippen molar-refractivity contribution in [3.63, 3.8) is 0 Å². The molecule has 1 aromatic carbocycles. The summed E-state index contributed by atoms with van der Waals surface area (Å²) in [6.07, 6.45) is 1.11. The van der Waals surface area contributed by atoms with Gasteiger partial charge in [-0.2, -0.15) is 0 Å². The number of rotatable bonds is 5. The molecule has 2 nitrogen and oxygen atoms in total. The number of carbonyl (C=O) groups is 1. The lowest BCUT2D eigenvalue weighted by Crippen LogP contribution is -2.18. The minimum atomic E-state index is -0.746. The summed E-state index contributed by atoms with van der Waals surface area (Å²) in [5.41, 5.74) is 1.04. The van der Waals surface area contributed by atoms with Gasteiger partial charge in [0.15, 0.2) is 0 Å². The SMILES string of the molecule is O=C(O)C(Cc1cccc(Br)c1)Cc1ccc(Br)s1. The molecular formula is C14H12Br2O2S. The Morgan fingerprint density at radius 1 is 1.21 bits per heavy atom. The largest absolute Gasteiger partial charge is 0.481 e. The molecule has 0 amide bonds. The normalized spacial score (nSPS) is 12.3. The number of halogens is 2. The Hall–Kier alpha value is -0.650. The lowest BCUT2D eigenvalue weighted by Gasteiger charge is -2.11. The summed E-state index contributed by atoms with van der Waals surface area (Å²) in [7, 11) is 0. The molecule has 1 N–H and O–H groups in total. The average molecular weight is 404 g/mol. The van der Waals surface area contributed by atoms with Crippen LogP contribution in [0.4, 0.5) is 0 Å². The van der Waals surface area contributed by atoms with Crippen LogP contribution in [0.2, 0.25) is 0 Å². The van der Waals surface area contributed by atoms with Crippen LogP contribution in [0.15, 0.2) is 44.7 Å². The van der Waals surface area contributed by atoms with Crippen LogP contribution in [0, 0.1) is 5.92 Å². The van der Waals surface area contributed by atoms with E-state index in [1.807, 2.05) is 36.4 Å². The molecule has 5 heteroatoms. The Labute approximate surface area is 132 Å². The topological polar surface area (TPSA) is 37.3 Å². The van der Waals surface area contributed by atoms with Gasteiger partial charge in [0.05, 0.1) is 9.70 Å². The van der Waals surface area contributed by atoms with Crippen molar-refractivity contribution in [2.24, 2.45) is 5.92 Å². The highest BCUT2D eigenvalue weighted by Gasteiger charge is 2.19. The molecule has 1 heterocycles. The van der Waals surface area contributed by atoms with E-state index in [1.165, 1.54) is 0 Å². The van der Waals surface area contributed by atoms with Crippen molar-refractivity contribution in [1.29, 1.82) is 0 Å². The van der Waals surface area contributed by atoms with Crippen molar-refractivity contribution in [2.75, 3.05) is 0 Å². The van der Waals surface area contributed by atoms with Gasteiger partial charge < -0.3 is 5.11 Å². The van der Waals surface area contributed by atoms with Crippen molar-refractivity contribution in [3.05, 3.63) is 55.1 Å². The van der Waals surface area contributed by atoms with E-state index in [4.69, 9.17) is 0 Å². The summed E-state index contributed by atoms with van der Waals surface area (Å²) in [5.74, 6) is -1.13. The van der Waals surface area contributed by atoms with E-state index in [1.54, 1.807) is 11.3 Å². The van der Waals surface area contributed by atoms with Crippen LogP contribution in [0.3, 0.4) is 0 Å². The standard InChI is InChI=1S/C14H12Br2O2S/c15-11-3-1-2-9(7-11)6-10(14(17)18)8-12-4-5-13(16)19-12/h1-5,7,10H,6,8H2,(H,17,18). The number of hydrogen-bond donors (Lipinski definition) is 1. The van der Waals surface area contributed by atoms with Crippen molar-refractivity contribution >= 4 is 49.2 Å². The van der Waals surface area contributed by atoms with Gasteiger partial charge in [-0.15, -0.1) is 11.3 Å². The predicted octanol–water partition coefficient (Wildman–Crippen LogP) is 4.76. The molecule has 0 saturated carbocycles. The number of carboxylic acids is 1. The molecule has 2 aromatic rings. The number of benzene rings is 1. The van der Waals surface area contributed by atoms with E-state index < -0.39 is 5.97 Å². The van der Waals surface area contributed by atoms with Gasteiger partial charge in [0.25, 0.3) is 0 Å². The van der Waals surface area contributed by atoms with E-state index in [2.05, 4.69) is 31.9 Å². The quantitative estimate of drug-likeness (QED) is 0.781. The summed E-state index contributed by atoms with van der Waals surface area (Å²) in [6, 6.07) is 11.7. The molecule has 0 aliphatic rings. The van der Waals surface area contributed by atoms with Crippen LogP contribution in [0.1, 0.15) is 10.4 Å². The third-order valence-electron chi connectivity index (χ3n) is 2.80. The third kappa shape index (κ3) is 4.44. The van der Waals surface area contributed by atoms with E-state index in [0.717, 1.165) is 18.7 Å². The van der Waals surface area contributed by atoms with Gasteiger partial charge in [-0.1, -0.05) is 28.1 Å². The Kier molecular flexibility index (Phi) is 5.19. The van der Waals surface area contributed by atoms with E-state index in [9.17, 15) is 9.90 Å². The van der Waals surface area contributed by atoms with Gasteiger partial charge in [-0.25, -0.2) is 0 Å². The number of thiophene rings is 1. The molecule has 1 atom stereocenters. The number of hydrogen-bond acceptors (Lipinski definition) is 2. The molecule has 1 unspecified atom stereocenters. The second kappa shape index (κ2) is 6.68. The van der Waals surface area contributed by atoms with E-state index >= 15 is 0 Å². The molecule has 0 radical (unpaired) electrons. The van der Waals surface area contributed by atoms with Crippen LogP contribution in [0.5, 0.6) is 0 Å². The zero-order valence-electron chi connectivity index (χ0n) is 9.98. The van der Waals surface area contributed by atoms with Crippen LogP contribution in [0.25, 0.3) is 0 Å². The lowest BCUT2D eigenvalue weighted by atomic mass is 9.96. The molecule has 100 valence electrons. The molecule has 0 spiro atoms. The fourth-order valence-corrected chi connectivity index (χ4v) is 3.91. The van der Waals surface area contributed by atoms with Crippen molar-refractivity contribution in [1.82, 2.24) is 0 Å². The highest BCUT2D eigenvalue weighted by atomic mass is 79.9. The summed E-state index contributed by atoms with van der Waals surface area (Å²) in [6.45, 7) is 0. The van der Waals surface area contributed by atoms with Gasteiger partial charge in [-0.05, 0) is 58.6 Å². The van der Waals surface area contributed by atoms with E-state index in [0.29, 0.717) is 12.8 Å². The average Bonchev–Trinajstić information content (AvgIpc) is 2.74. The van der Waals surface area contributed by atoms with E-state index in [-0.39, 0.29) is 5.92 Å². The first-order valence-electron chi connectivity index (χ1n) is 5.76. The first-order valence-corrected chi connectivity index (χ1v) is 8.16. The monoisotopic (exact) mass is 402 g/mol. The summed E-state index contributed by atoms with van der Waals surface area (Å²) in [5, 5.41) is 9.35. The first-order chi connectivity index (χ1) is 9.04. The van der Waals surface area contributed by atoms with Crippen molar-refractivity contribution < 1.29 is 9.90 Å². The van der Waals surface area contributed by atoms with Gasteiger partial charge in [-0.3, -0.25) is 4.79 Å². The zero-order chi connectivity index (χ0) is 13.8. The van der Waals surface area contributed by atoms with Crippen LogP contribution < -0.4 is 0 Å². The predicted molar refractivity (Wildman–Crippen MR) is 84.7 cm³/mol. The second-order valence-electron chi connectivity index (χ2n) is 4.28. The summed E-state index contributed by atoms with van der Waals surface area (Å²) >= 11 is 8.40. The lowest BCUT2D eigenvalue weighted by molar-refractivity contribution is -0.141.